The fourth-order valence-electron chi connectivity index (χ4n) is 1.71. The zero-order valence-corrected chi connectivity index (χ0v) is 12.1. The molecular formula is C14H22F3N3. The topological polar surface area (TPSA) is 41.3 Å². The van der Waals surface area contributed by atoms with Crippen molar-refractivity contribution in [2.24, 2.45) is 0 Å². The van der Waals surface area contributed by atoms with E-state index >= 15 is 0 Å². The first kappa shape index (κ1) is 16.6. The van der Waals surface area contributed by atoms with Crippen molar-refractivity contribution in [2.45, 2.75) is 32.5 Å². The van der Waals surface area contributed by atoms with E-state index in [1.54, 1.807) is 0 Å². The van der Waals surface area contributed by atoms with Crippen LogP contribution in [0, 0.1) is 0 Å². The SMILES string of the molecule is CC(C)N(C)CCCNc1ccc(C(F)(F)F)cc1N. The van der Waals surface area contributed by atoms with Crippen LogP contribution in [0.15, 0.2) is 18.2 Å². The Balaban J connectivity index is 2.49. The quantitative estimate of drug-likeness (QED) is 0.623. The van der Waals surface area contributed by atoms with Gasteiger partial charge >= 0.3 is 6.18 Å². The monoisotopic (exact) mass is 289 g/mol. The molecule has 0 heterocycles. The number of anilines is 2. The van der Waals surface area contributed by atoms with E-state index in [9.17, 15) is 13.2 Å². The van der Waals surface area contributed by atoms with Crippen LogP contribution in [0.25, 0.3) is 0 Å². The predicted molar refractivity (Wildman–Crippen MR) is 76.7 cm³/mol. The molecule has 0 aromatic heterocycles. The van der Waals surface area contributed by atoms with Gasteiger partial charge in [-0.1, -0.05) is 0 Å². The summed E-state index contributed by atoms with van der Waals surface area (Å²) in [6.07, 6.45) is -3.46. The van der Waals surface area contributed by atoms with Crippen molar-refractivity contribution < 1.29 is 13.2 Å². The molecule has 0 atom stereocenters. The number of nitrogens with zero attached hydrogens (tertiary/aromatic N) is 1. The molecule has 0 saturated heterocycles. The van der Waals surface area contributed by atoms with Crippen molar-refractivity contribution in [3.8, 4) is 0 Å². The van der Waals surface area contributed by atoms with Crippen molar-refractivity contribution in [1.29, 1.82) is 0 Å². The first-order chi connectivity index (χ1) is 9.21. The predicted octanol–water partition coefficient (Wildman–Crippen LogP) is 3.43. The van der Waals surface area contributed by atoms with Crippen LogP contribution in [0.2, 0.25) is 0 Å². The molecule has 0 radical (unpaired) electrons. The highest BCUT2D eigenvalue weighted by atomic mass is 19.4. The van der Waals surface area contributed by atoms with Gasteiger partial charge in [0.1, 0.15) is 0 Å². The van der Waals surface area contributed by atoms with Gasteiger partial charge in [-0.3, -0.25) is 0 Å². The van der Waals surface area contributed by atoms with E-state index in [1.165, 1.54) is 6.07 Å². The summed E-state index contributed by atoms with van der Waals surface area (Å²) in [4.78, 5) is 2.21. The summed E-state index contributed by atoms with van der Waals surface area (Å²) in [7, 11) is 2.04. The van der Waals surface area contributed by atoms with Crippen LogP contribution in [0.1, 0.15) is 25.8 Å². The van der Waals surface area contributed by atoms with Crippen molar-refractivity contribution in [2.75, 3.05) is 31.2 Å². The normalized spacial score (nSPS) is 12.2. The first-order valence-electron chi connectivity index (χ1n) is 6.62. The molecule has 1 rings (SSSR count). The van der Waals surface area contributed by atoms with Gasteiger partial charge in [0.25, 0.3) is 0 Å². The Labute approximate surface area is 117 Å². The second-order valence-electron chi connectivity index (χ2n) is 5.15. The zero-order valence-electron chi connectivity index (χ0n) is 12.1. The van der Waals surface area contributed by atoms with E-state index in [-0.39, 0.29) is 5.69 Å². The number of hydrogen-bond acceptors (Lipinski definition) is 3. The number of alkyl halides is 3. The number of nitrogens with two attached hydrogens (primary N) is 1. The van der Waals surface area contributed by atoms with Crippen LogP contribution < -0.4 is 11.1 Å². The minimum Gasteiger partial charge on any atom is -0.397 e. The Morgan fingerprint density at radius 1 is 1.30 bits per heavy atom. The molecule has 6 heteroatoms. The van der Waals surface area contributed by atoms with Crippen LogP contribution in [0.5, 0.6) is 0 Å². The third kappa shape index (κ3) is 4.92. The van der Waals surface area contributed by atoms with E-state index in [0.717, 1.165) is 25.1 Å². The van der Waals surface area contributed by atoms with Crippen molar-refractivity contribution in [3.63, 3.8) is 0 Å². The Bertz CT molecular complexity index is 430. The zero-order chi connectivity index (χ0) is 15.3. The fourth-order valence-corrected chi connectivity index (χ4v) is 1.71. The lowest BCUT2D eigenvalue weighted by Gasteiger charge is -2.21. The van der Waals surface area contributed by atoms with Gasteiger partial charge in [0.15, 0.2) is 0 Å². The highest BCUT2D eigenvalue weighted by molar-refractivity contribution is 5.67. The highest BCUT2D eigenvalue weighted by Gasteiger charge is 2.30. The third-order valence-electron chi connectivity index (χ3n) is 3.26. The second kappa shape index (κ2) is 6.83. The standard InChI is InChI=1S/C14H22F3N3/c1-10(2)20(3)8-4-7-19-13-6-5-11(9-12(13)18)14(15,16)17/h5-6,9-10,19H,4,7-8,18H2,1-3H3. The fraction of sp³-hybridized carbons (Fsp3) is 0.571. The molecule has 0 fully saturated rings. The molecule has 114 valence electrons. The van der Waals surface area contributed by atoms with Crippen LogP contribution in [-0.4, -0.2) is 31.1 Å². The molecule has 1 aromatic carbocycles. The molecule has 0 bridgehead atoms. The van der Waals surface area contributed by atoms with Crippen molar-refractivity contribution in [3.05, 3.63) is 23.8 Å². The summed E-state index contributed by atoms with van der Waals surface area (Å²) in [5, 5.41) is 3.07. The summed E-state index contributed by atoms with van der Waals surface area (Å²) in [6.45, 7) is 5.82. The lowest BCUT2D eigenvalue weighted by Crippen LogP contribution is -2.28. The van der Waals surface area contributed by atoms with Gasteiger partial charge in [-0.25, -0.2) is 0 Å². The van der Waals surface area contributed by atoms with E-state index < -0.39 is 11.7 Å². The largest absolute Gasteiger partial charge is 0.416 e. The molecule has 0 unspecified atom stereocenters. The number of nitrogen functional groups attached to an aromatic ring is 1. The Morgan fingerprint density at radius 2 is 1.95 bits per heavy atom. The van der Waals surface area contributed by atoms with E-state index in [0.29, 0.717) is 18.3 Å². The maximum Gasteiger partial charge on any atom is 0.416 e. The van der Waals surface area contributed by atoms with Gasteiger partial charge < -0.3 is 16.0 Å². The maximum atomic E-state index is 12.5. The van der Waals surface area contributed by atoms with Crippen LogP contribution in [0.3, 0.4) is 0 Å². The number of nitrogens with one attached hydrogen (secondary N) is 1. The maximum absolute atomic E-state index is 12.5. The molecular weight excluding hydrogens is 267 g/mol. The van der Waals surface area contributed by atoms with Crippen LogP contribution in [0.4, 0.5) is 24.5 Å². The summed E-state index contributed by atoms with van der Waals surface area (Å²) in [6, 6.07) is 3.86. The van der Waals surface area contributed by atoms with Crippen molar-refractivity contribution >= 4 is 11.4 Å². The number of benzene rings is 1. The second-order valence-corrected chi connectivity index (χ2v) is 5.15. The number of hydrogen-bond donors (Lipinski definition) is 2. The van der Waals surface area contributed by atoms with Gasteiger partial charge in [0, 0.05) is 12.6 Å². The molecule has 1 aromatic rings. The Hall–Kier alpha value is -1.43. The van der Waals surface area contributed by atoms with Gasteiger partial charge in [0.05, 0.1) is 16.9 Å². The summed E-state index contributed by atoms with van der Waals surface area (Å²) in [5.74, 6) is 0. The molecule has 3 nitrogen and oxygen atoms in total. The average molecular weight is 289 g/mol. The number of halogens is 3. The molecule has 0 aliphatic carbocycles. The number of rotatable bonds is 6. The summed E-state index contributed by atoms with van der Waals surface area (Å²) >= 11 is 0. The van der Waals surface area contributed by atoms with E-state index in [4.69, 9.17) is 5.73 Å². The highest BCUT2D eigenvalue weighted by Crippen LogP contribution is 2.32. The third-order valence-corrected chi connectivity index (χ3v) is 3.26. The van der Waals surface area contributed by atoms with Gasteiger partial charge in [-0.15, -0.1) is 0 Å². The molecule has 0 aliphatic rings. The van der Waals surface area contributed by atoms with Gasteiger partial charge in [0.2, 0.25) is 0 Å². The minimum absolute atomic E-state index is 0.122. The molecule has 0 saturated carbocycles. The molecule has 20 heavy (non-hydrogen) atoms. The smallest absolute Gasteiger partial charge is 0.397 e. The lowest BCUT2D eigenvalue weighted by molar-refractivity contribution is -0.137. The molecule has 0 spiro atoms. The first-order valence-corrected chi connectivity index (χ1v) is 6.62. The van der Waals surface area contributed by atoms with Crippen LogP contribution >= 0.6 is 0 Å². The van der Waals surface area contributed by atoms with Crippen LogP contribution in [-0.2, 0) is 6.18 Å². The van der Waals surface area contributed by atoms with Gasteiger partial charge in [-0.05, 0) is 52.1 Å². The molecule has 0 amide bonds. The molecule has 0 aliphatic heterocycles. The minimum atomic E-state index is -4.35. The molecule has 3 N–H and O–H groups in total. The summed E-state index contributed by atoms with van der Waals surface area (Å²) < 4.78 is 37.5. The van der Waals surface area contributed by atoms with E-state index in [1.807, 2.05) is 7.05 Å². The van der Waals surface area contributed by atoms with Crippen molar-refractivity contribution in [1.82, 2.24) is 4.90 Å². The lowest BCUT2D eigenvalue weighted by atomic mass is 10.1. The Morgan fingerprint density at radius 3 is 2.45 bits per heavy atom. The summed E-state index contributed by atoms with van der Waals surface area (Å²) in [5.41, 5.74) is 5.58. The van der Waals surface area contributed by atoms with E-state index in [2.05, 4.69) is 24.1 Å². The van der Waals surface area contributed by atoms with Gasteiger partial charge in [-0.2, -0.15) is 13.2 Å². The average Bonchev–Trinajstić information content (AvgIpc) is 2.34. The Kier molecular flexibility index (Phi) is 5.68.